The van der Waals surface area contributed by atoms with Crippen LogP contribution < -0.4 is 10.6 Å². The first-order chi connectivity index (χ1) is 9.21. The van der Waals surface area contributed by atoms with Crippen LogP contribution in [0.3, 0.4) is 0 Å². The fraction of sp³-hybridized carbons (Fsp3) is 0.562. The van der Waals surface area contributed by atoms with Crippen LogP contribution in [0.1, 0.15) is 44.1 Å². The fourth-order valence-corrected chi connectivity index (χ4v) is 3.48. The Morgan fingerprint density at radius 1 is 1.05 bits per heavy atom. The van der Waals surface area contributed by atoms with Crippen LogP contribution in [0.15, 0.2) is 29.3 Å². The highest BCUT2D eigenvalue weighted by Gasteiger charge is 2.42. The lowest BCUT2D eigenvalue weighted by Crippen LogP contribution is -2.51. The van der Waals surface area contributed by atoms with Gasteiger partial charge in [-0.05, 0) is 31.9 Å². The average molecular weight is 257 g/mol. The third-order valence-corrected chi connectivity index (χ3v) is 4.57. The molecule has 2 N–H and O–H groups in total. The minimum atomic E-state index is 0.149. The standard InChI is InChI=1S/C16H23N3/c1-13-6-8-14(9-7-13)19-15(17)18-12-16(19)10-4-2-3-5-11-16/h6-9H,2-5,10-12H2,1H3,(H2,17,18). The molecule has 2 aliphatic rings. The van der Waals surface area contributed by atoms with Gasteiger partial charge >= 0.3 is 0 Å². The Balaban J connectivity index is 1.95. The van der Waals surface area contributed by atoms with Gasteiger partial charge in [-0.15, -0.1) is 0 Å². The van der Waals surface area contributed by atoms with Crippen LogP contribution >= 0.6 is 0 Å². The topological polar surface area (TPSA) is 41.6 Å². The Morgan fingerprint density at radius 3 is 2.32 bits per heavy atom. The van der Waals surface area contributed by atoms with Gasteiger partial charge in [-0.3, -0.25) is 4.99 Å². The van der Waals surface area contributed by atoms with Crippen LogP contribution in [0, 0.1) is 6.92 Å². The summed E-state index contributed by atoms with van der Waals surface area (Å²) in [5, 5.41) is 0. The largest absolute Gasteiger partial charge is 0.369 e. The van der Waals surface area contributed by atoms with Crippen molar-refractivity contribution in [1.29, 1.82) is 0 Å². The minimum absolute atomic E-state index is 0.149. The number of hydrogen-bond donors (Lipinski definition) is 1. The van der Waals surface area contributed by atoms with E-state index in [4.69, 9.17) is 5.73 Å². The van der Waals surface area contributed by atoms with E-state index >= 15 is 0 Å². The quantitative estimate of drug-likeness (QED) is 0.839. The van der Waals surface area contributed by atoms with Gasteiger partial charge in [-0.25, -0.2) is 0 Å². The van der Waals surface area contributed by atoms with Crippen molar-refractivity contribution in [3.63, 3.8) is 0 Å². The van der Waals surface area contributed by atoms with Crippen molar-refractivity contribution in [2.75, 3.05) is 11.4 Å². The molecule has 3 nitrogen and oxygen atoms in total. The number of aryl methyl sites for hydroxylation is 1. The highest BCUT2D eigenvalue weighted by atomic mass is 15.4. The van der Waals surface area contributed by atoms with Gasteiger partial charge in [0.15, 0.2) is 5.96 Å². The van der Waals surface area contributed by atoms with Crippen molar-refractivity contribution in [2.45, 2.75) is 51.0 Å². The van der Waals surface area contributed by atoms with Crippen molar-refractivity contribution in [3.8, 4) is 0 Å². The summed E-state index contributed by atoms with van der Waals surface area (Å²) < 4.78 is 0. The highest BCUT2D eigenvalue weighted by molar-refractivity contribution is 5.98. The van der Waals surface area contributed by atoms with Gasteiger partial charge in [-0.2, -0.15) is 0 Å². The molecule has 0 aromatic heterocycles. The maximum absolute atomic E-state index is 6.18. The number of hydrogen-bond acceptors (Lipinski definition) is 3. The second-order valence-electron chi connectivity index (χ2n) is 5.98. The molecule has 1 aromatic carbocycles. The summed E-state index contributed by atoms with van der Waals surface area (Å²) in [4.78, 5) is 6.86. The van der Waals surface area contributed by atoms with Gasteiger partial charge in [0.05, 0.1) is 12.1 Å². The number of nitrogens with zero attached hydrogens (tertiary/aromatic N) is 2. The third kappa shape index (κ3) is 2.22. The second-order valence-corrected chi connectivity index (χ2v) is 5.98. The molecule has 1 spiro atoms. The summed E-state index contributed by atoms with van der Waals surface area (Å²) >= 11 is 0. The predicted octanol–water partition coefficient (Wildman–Crippen LogP) is 3.22. The Bertz CT molecular complexity index is 467. The van der Waals surface area contributed by atoms with E-state index in [0.717, 1.165) is 6.54 Å². The maximum Gasteiger partial charge on any atom is 0.196 e. The zero-order valence-corrected chi connectivity index (χ0v) is 11.7. The van der Waals surface area contributed by atoms with E-state index in [1.165, 1.54) is 49.8 Å². The predicted molar refractivity (Wildman–Crippen MR) is 80.6 cm³/mol. The SMILES string of the molecule is Cc1ccc(N2C(N)=NCC23CCCCCC3)cc1. The highest BCUT2D eigenvalue weighted by Crippen LogP contribution is 2.38. The first-order valence-electron chi connectivity index (χ1n) is 7.38. The zero-order chi connectivity index (χ0) is 13.3. The molecule has 0 amide bonds. The molecule has 0 saturated heterocycles. The van der Waals surface area contributed by atoms with Crippen LogP contribution in [0.4, 0.5) is 5.69 Å². The first-order valence-corrected chi connectivity index (χ1v) is 7.38. The van der Waals surface area contributed by atoms with E-state index in [1.54, 1.807) is 0 Å². The lowest BCUT2D eigenvalue weighted by atomic mass is 9.88. The number of aliphatic imine (C=N–C) groups is 1. The molecule has 1 aromatic rings. The Labute approximate surface area is 115 Å². The minimum Gasteiger partial charge on any atom is -0.369 e. The molecular weight excluding hydrogens is 234 g/mol. The maximum atomic E-state index is 6.18. The molecular formula is C16H23N3. The van der Waals surface area contributed by atoms with Crippen molar-refractivity contribution >= 4 is 11.6 Å². The number of anilines is 1. The molecule has 3 heteroatoms. The number of rotatable bonds is 1. The summed E-state index contributed by atoms with van der Waals surface area (Å²) in [5.74, 6) is 0.700. The lowest BCUT2D eigenvalue weighted by molar-refractivity contribution is 0.400. The molecule has 0 atom stereocenters. The molecule has 19 heavy (non-hydrogen) atoms. The second kappa shape index (κ2) is 4.87. The van der Waals surface area contributed by atoms with Gasteiger partial charge in [0.1, 0.15) is 0 Å². The Kier molecular flexibility index (Phi) is 3.21. The molecule has 1 aliphatic heterocycles. The van der Waals surface area contributed by atoms with Gasteiger partial charge in [0, 0.05) is 5.69 Å². The third-order valence-electron chi connectivity index (χ3n) is 4.57. The molecule has 0 bridgehead atoms. The van der Waals surface area contributed by atoms with Crippen molar-refractivity contribution < 1.29 is 0 Å². The van der Waals surface area contributed by atoms with Crippen molar-refractivity contribution in [1.82, 2.24) is 0 Å². The Morgan fingerprint density at radius 2 is 1.68 bits per heavy atom. The summed E-state index contributed by atoms with van der Waals surface area (Å²) in [6, 6.07) is 8.67. The zero-order valence-electron chi connectivity index (χ0n) is 11.7. The van der Waals surface area contributed by atoms with E-state index < -0.39 is 0 Å². The monoisotopic (exact) mass is 257 g/mol. The summed E-state index contributed by atoms with van der Waals surface area (Å²) in [7, 11) is 0. The van der Waals surface area contributed by atoms with Crippen LogP contribution in [0.25, 0.3) is 0 Å². The Hall–Kier alpha value is -1.51. The summed E-state index contributed by atoms with van der Waals surface area (Å²) in [6.45, 7) is 2.99. The average Bonchev–Trinajstić information content (AvgIpc) is 2.60. The van der Waals surface area contributed by atoms with Gasteiger partial charge in [0.2, 0.25) is 0 Å². The molecule has 0 unspecified atom stereocenters. The van der Waals surface area contributed by atoms with E-state index in [0.29, 0.717) is 5.96 Å². The van der Waals surface area contributed by atoms with Crippen LogP contribution in [-0.2, 0) is 0 Å². The van der Waals surface area contributed by atoms with Gasteiger partial charge in [0.25, 0.3) is 0 Å². The van der Waals surface area contributed by atoms with E-state index in [9.17, 15) is 0 Å². The van der Waals surface area contributed by atoms with E-state index in [1.807, 2.05) is 0 Å². The normalized spacial score (nSPS) is 22.4. The van der Waals surface area contributed by atoms with Crippen LogP contribution in [-0.4, -0.2) is 18.0 Å². The van der Waals surface area contributed by atoms with Gasteiger partial charge < -0.3 is 10.6 Å². The van der Waals surface area contributed by atoms with Crippen LogP contribution in [0.5, 0.6) is 0 Å². The summed E-state index contributed by atoms with van der Waals surface area (Å²) in [5.41, 5.74) is 8.82. The molecule has 3 rings (SSSR count). The first kappa shape index (κ1) is 12.5. The van der Waals surface area contributed by atoms with Gasteiger partial charge in [-0.1, -0.05) is 43.4 Å². The molecule has 1 heterocycles. The molecule has 0 radical (unpaired) electrons. The lowest BCUT2D eigenvalue weighted by Gasteiger charge is -2.39. The van der Waals surface area contributed by atoms with Crippen molar-refractivity contribution in [2.24, 2.45) is 10.7 Å². The smallest absolute Gasteiger partial charge is 0.196 e. The molecule has 1 saturated carbocycles. The fourth-order valence-electron chi connectivity index (χ4n) is 3.48. The molecule has 102 valence electrons. The van der Waals surface area contributed by atoms with Crippen LogP contribution in [0.2, 0.25) is 0 Å². The number of nitrogens with two attached hydrogens (primary N) is 1. The molecule has 1 aliphatic carbocycles. The van der Waals surface area contributed by atoms with E-state index in [2.05, 4.69) is 41.1 Å². The number of benzene rings is 1. The summed E-state index contributed by atoms with van der Waals surface area (Å²) in [6.07, 6.45) is 7.72. The van der Waals surface area contributed by atoms with Crippen molar-refractivity contribution in [3.05, 3.63) is 29.8 Å². The molecule has 1 fully saturated rings. The number of guanidine groups is 1. The van der Waals surface area contributed by atoms with E-state index in [-0.39, 0.29) is 5.54 Å².